The second-order valence-corrected chi connectivity index (χ2v) is 20.3. The number of rotatable bonds is 5. The Bertz CT molecular complexity index is 8570. The van der Waals surface area contributed by atoms with Gasteiger partial charge in [0.25, 0.3) is 0 Å². The first-order valence-corrected chi connectivity index (χ1v) is 26.4. The highest BCUT2D eigenvalue weighted by molar-refractivity contribution is 7.26. The second kappa shape index (κ2) is 19.8. The predicted molar refractivity (Wildman–Crippen MR) is 368 cm³/mol. The van der Waals surface area contributed by atoms with Gasteiger partial charge in [-0.15, -0.1) is 22.7 Å². The molecule has 0 aliphatic carbocycles. The smallest absolute Gasteiger partial charge is 0.0644 e. The highest BCUT2D eigenvalue weighted by Crippen LogP contribution is 2.50. The first kappa shape index (κ1) is 20.0. The minimum atomic E-state index is -1.02. The largest absolute Gasteiger partial charge is 0.135 e. The van der Waals surface area contributed by atoms with E-state index in [2.05, 4.69) is 0 Å². The third kappa shape index (κ3) is 7.87. The van der Waals surface area contributed by atoms with Gasteiger partial charge in [-0.1, -0.05) is 272 Å². The summed E-state index contributed by atoms with van der Waals surface area (Å²) in [5.41, 5.74) is -6.32. The van der Waals surface area contributed by atoms with Crippen LogP contribution in [0.4, 0.5) is 0 Å². The van der Waals surface area contributed by atoms with E-state index in [1.165, 1.54) is 0 Å². The van der Waals surface area contributed by atoms with Crippen LogP contribution in [0, 0.1) is 0 Å². The first-order valence-electron chi connectivity index (χ1n) is 49.8. The Hall–Kier alpha value is -10.2. The van der Waals surface area contributed by atoms with Gasteiger partial charge < -0.3 is 0 Å². The zero-order chi connectivity index (χ0) is 98.8. The van der Waals surface area contributed by atoms with Crippen molar-refractivity contribution in [1.82, 2.24) is 0 Å². The summed E-state index contributed by atoms with van der Waals surface area (Å²) in [6.45, 7) is 0. The van der Waals surface area contributed by atoms with Gasteiger partial charge in [0.15, 0.2) is 0 Å². The van der Waals surface area contributed by atoms with Crippen LogP contribution in [-0.4, -0.2) is 0 Å². The number of fused-ring (bicyclic) bond motifs is 13. The van der Waals surface area contributed by atoms with E-state index >= 15 is 0 Å². The summed E-state index contributed by atoms with van der Waals surface area (Å²) in [6, 6.07) is -41.1. The fourth-order valence-corrected chi connectivity index (χ4v) is 12.5. The van der Waals surface area contributed by atoms with Crippen molar-refractivity contribution in [2.75, 3.05) is 0 Å². The maximum absolute atomic E-state index is 9.57. The van der Waals surface area contributed by atoms with Gasteiger partial charge in [-0.25, -0.2) is 0 Å². The molecule has 0 radical (unpaired) electrons. The number of thiophene rings is 2. The average molecular weight is 1150 g/mol. The summed E-state index contributed by atoms with van der Waals surface area (Å²) in [5, 5.41) is -8.64. The minimum Gasteiger partial charge on any atom is -0.135 e. The van der Waals surface area contributed by atoms with E-state index < -0.39 is 412 Å². The average Bonchev–Trinajstić information content (AvgIpc) is 1.25. The first-order chi connectivity index (χ1) is 62.5. The Morgan fingerprint density at radius 3 is 0.988 bits per heavy atom. The van der Waals surface area contributed by atoms with Gasteiger partial charge >= 0.3 is 0 Å². The Morgan fingerprint density at radius 1 is 0.190 bits per heavy atom. The molecular formula is C82H50S2. The molecule has 0 aliphatic rings. The maximum atomic E-state index is 9.57. The fourth-order valence-electron chi connectivity index (χ4n) is 10.2. The quantitative estimate of drug-likeness (QED) is 0.151. The van der Waals surface area contributed by atoms with Crippen molar-refractivity contribution in [2.24, 2.45) is 0 Å². The molecule has 0 saturated heterocycles. The third-order valence-corrected chi connectivity index (χ3v) is 16.0. The van der Waals surface area contributed by atoms with Crippen LogP contribution in [0.5, 0.6) is 0 Å². The summed E-state index contributed by atoms with van der Waals surface area (Å²) < 4.78 is 445. The molecule has 18 rings (SSSR count). The van der Waals surface area contributed by atoms with Gasteiger partial charge in [0.05, 0.1) is 68.5 Å². The van der Waals surface area contributed by atoms with E-state index in [9.17, 15) is 24.7 Å². The summed E-state index contributed by atoms with van der Waals surface area (Å²) in [7, 11) is 0. The van der Waals surface area contributed by atoms with Gasteiger partial charge in [-0.05, 0) is 156 Å². The lowest BCUT2D eigenvalue weighted by Gasteiger charge is -2.18. The molecule has 0 bridgehead atoms. The zero-order valence-electron chi connectivity index (χ0n) is 91.8. The predicted octanol–water partition coefficient (Wildman–Crippen LogP) is 24.5. The standard InChI is InChI=1S/C42H26S.C40H24S/c1-2-11-28(12-3-1)40-33-15-6-8-17-35(33)41(36-18-9-7-16-34(36)40)29-23-21-27(22-24-29)32-19-10-20-37-38-25-30-13-4-5-14-31(30)26-39(38)43-42(32)37;1-2-11-26-22-29(21-20-25(26)10-1)38-30-14-5-7-16-32(30)39(33-17-8-6-15-31(33)38)35-19-9-18-34-36-23-27-12-3-4-13-28(27)24-37(36)41-40(34)35/h1-26H;1-24H/i1D,2D,3D,4D,5D,6D,7D,8D,9D,10D,11D,12D,13D,14D,15D,16D,17D,18D,19D,20D,21D,22D,23D,24D,25D,26D;1D,2D,3D,4D,5D,6D,7D,8D,9D,10D,11D,12D,13D,14D,15D,16D,17D,18D,19D,20D,21D,22D,23D,24D. The highest BCUT2D eigenvalue weighted by Gasteiger charge is 2.21. The number of hydrogen-bond acceptors (Lipinski definition) is 2. The molecule has 16 aromatic carbocycles. The summed E-state index contributed by atoms with van der Waals surface area (Å²) >= 11 is 1.28. The lowest BCUT2D eigenvalue weighted by atomic mass is 9.85. The van der Waals surface area contributed by atoms with Crippen LogP contribution >= 0.6 is 22.7 Å². The molecule has 84 heavy (non-hydrogen) atoms. The van der Waals surface area contributed by atoms with E-state index in [1.54, 1.807) is 0 Å². The van der Waals surface area contributed by atoms with Crippen LogP contribution in [0.1, 0.15) is 68.5 Å². The topological polar surface area (TPSA) is 0 Å². The summed E-state index contributed by atoms with van der Waals surface area (Å²) in [4.78, 5) is 0. The van der Waals surface area contributed by atoms with Crippen molar-refractivity contribution in [2.45, 2.75) is 0 Å². The molecule has 390 valence electrons. The van der Waals surface area contributed by atoms with E-state index in [4.69, 9.17) is 43.9 Å². The van der Waals surface area contributed by atoms with E-state index in [0.717, 1.165) is 0 Å². The van der Waals surface area contributed by atoms with Gasteiger partial charge in [0.1, 0.15) is 0 Å². The van der Waals surface area contributed by atoms with Crippen molar-refractivity contribution < 1.29 is 68.5 Å². The molecule has 0 N–H and O–H groups in total. The van der Waals surface area contributed by atoms with Crippen molar-refractivity contribution in [3.05, 3.63) is 302 Å². The summed E-state index contributed by atoms with van der Waals surface area (Å²) in [6.07, 6.45) is 0. The van der Waals surface area contributed by atoms with Crippen LogP contribution < -0.4 is 0 Å². The lowest BCUT2D eigenvalue weighted by Crippen LogP contribution is -1.91. The minimum absolute atomic E-state index is 0.125. The van der Waals surface area contributed by atoms with Crippen LogP contribution in [-0.2, 0) is 0 Å². The van der Waals surface area contributed by atoms with Crippen molar-refractivity contribution >= 4 is 138 Å². The van der Waals surface area contributed by atoms with Crippen LogP contribution in [0.2, 0.25) is 0 Å². The molecule has 0 fully saturated rings. The van der Waals surface area contributed by atoms with E-state index in [0.29, 0.717) is 22.7 Å². The SMILES string of the molecule is [2H]c1c([2H])c([2H])c(-c2c3c([2H])c([2H])c([2H])c([2H])c3c(-c3c([2H])c([2H])c(-c4c([2H])c([2H])c([2H])c5c4sc4c([2H])c6c([2H])c([2H])c([2H])c([2H])c6c([2H])c45)c([2H])c3[2H])c3c([2H])c([2H])c([2H])c([2H])c23)c([2H])c1[2H].[2H]c1c([2H])c([2H])c2c(sc3c([2H])c4c([2H])c([2H])c([2H])c([2H])c4c([2H])c32)c1-c1c2c([2H])c([2H])c([2H])c([2H])c2c(-c2c([2H])c([2H])c3c([2H])c([2H])c([2H])c([2H])c3c2[2H])c2c([2H])c([2H])c([2H])c([2H])c12. The molecule has 0 atom stereocenters. The van der Waals surface area contributed by atoms with Gasteiger partial charge in [0, 0.05) is 45.9 Å². The molecule has 0 amide bonds. The lowest BCUT2D eigenvalue weighted by molar-refractivity contribution is 1.64. The highest BCUT2D eigenvalue weighted by atomic mass is 32.1. The summed E-state index contributed by atoms with van der Waals surface area (Å²) in [5.74, 6) is 0. The molecule has 2 aromatic heterocycles. The molecule has 0 saturated carbocycles. The molecule has 18 aromatic rings. The number of benzene rings is 16. The molecule has 2 heterocycles. The Kier molecular flexibility index (Phi) is 4.70. The van der Waals surface area contributed by atoms with Crippen LogP contribution in [0.15, 0.2) is 302 Å². The molecular weight excluding hydrogens is 1050 g/mol. The second-order valence-electron chi connectivity index (χ2n) is 18.3. The van der Waals surface area contributed by atoms with Crippen molar-refractivity contribution in [1.29, 1.82) is 0 Å². The normalized spacial score (nSPS) is 20.1. The van der Waals surface area contributed by atoms with Crippen LogP contribution in [0.3, 0.4) is 0 Å². The Balaban J connectivity index is 0.000000187. The van der Waals surface area contributed by atoms with E-state index in [-0.39, 0.29) is 61.9 Å². The maximum Gasteiger partial charge on any atom is 0.0644 e. The Morgan fingerprint density at radius 2 is 0.512 bits per heavy atom. The molecule has 0 nitrogen and oxygen atoms in total. The van der Waals surface area contributed by atoms with Crippen molar-refractivity contribution in [3.8, 4) is 55.6 Å². The van der Waals surface area contributed by atoms with Gasteiger partial charge in [0.2, 0.25) is 0 Å². The van der Waals surface area contributed by atoms with Gasteiger partial charge in [-0.3, -0.25) is 0 Å². The zero-order valence-corrected chi connectivity index (χ0v) is 43.4. The third-order valence-electron chi connectivity index (χ3n) is 13.7. The molecule has 2 heteroatoms. The number of hydrogen-bond donors (Lipinski definition) is 0. The molecule has 0 unspecified atom stereocenters. The fraction of sp³-hybridized carbons (Fsp3) is 0. The van der Waals surface area contributed by atoms with Crippen LogP contribution in [0.25, 0.3) is 171 Å². The molecule has 0 spiro atoms. The van der Waals surface area contributed by atoms with Gasteiger partial charge in [-0.2, -0.15) is 0 Å². The molecule has 0 aliphatic heterocycles. The monoisotopic (exact) mass is 1150 g/mol. The van der Waals surface area contributed by atoms with Crippen molar-refractivity contribution in [3.63, 3.8) is 0 Å². The Labute approximate surface area is 564 Å². The van der Waals surface area contributed by atoms with E-state index in [1.807, 2.05) is 0 Å².